The lowest BCUT2D eigenvalue weighted by Gasteiger charge is -2.05. The number of hydrogen-bond acceptors (Lipinski definition) is 3. The minimum Gasteiger partial charge on any atom is -0.302 e. The Bertz CT molecular complexity index is 1070. The maximum atomic E-state index is 14.2. The van der Waals surface area contributed by atoms with E-state index in [4.69, 9.17) is 6.42 Å². The predicted octanol–water partition coefficient (Wildman–Crippen LogP) is 4.72. The molecule has 2 aromatic carbocycles. The quantitative estimate of drug-likeness (QED) is 0.482. The number of rotatable bonds is 4. The minimum atomic E-state index is -0.377. The van der Waals surface area contributed by atoms with Crippen LogP contribution in [0.2, 0.25) is 0 Å². The molecule has 3 aromatic rings. The van der Waals surface area contributed by atoms with Gasteiger partial charge in [-0.3, -0.25) is 4.79 Å². The fourth-order valence-electron chi connectivity index (χ4n) is 2.54. The summed E-state index contributed by atoms with van der Waals surface area (Å²) in [6.07, 6.45) is 5.42. The van der Waals surface area contributed by atoms with Crippen LogP contribution in [-0.2, 0) is 6.54 Å². The lowest BCUT2D eigenvalue weighted by molar-refractivity contribution is 0.0997. The maximum Gasteiger partial charge on any atom is 0.279 e. The van der Waals surface area contributed by atoms with E-state index in [-0.39, 0.29) is 18.3 Å². The van der Waals surface area contributed by atoms with E-state index in [2.05, 4.69) is 24.8 Å². The maximum absolute atomic E-state index is 14.2. The Morgan fingerprint density at radius 2 is 2.12 bits per heavy atom. The number of carbonyl (C=O) groups is 1. The normalized spacial score (nSPS) is 11.9. The van der Waals surface area contributed by atoms with Crippen LogP contribution in [0.4, 0.5) is 4.39 Å². The van der Waals surface area contributed by atoms with Crippen LogP contribution in [0.5, 0.6) is 0 Å². The van der Waals surface area contributed by atoms with Crippen molar-refractivity contribution < 1.29 is 9.18 Å². The Labute approximate surface area is 159 Å². The van der Waals surface area contributed by atoms with Gasteiger partial charge in [0.1, 0.15) is 5.82 Å². The zero-order valence-corrected chi connectivity index (χ0v) is 16.0. The monoisotopic (exact) mass is 384 g/mol. The summed E-state index contributed by atoms with van der Waals surface area (Å²) in [5.74, 6) is 1.76. The van der Waals surface area contributed by atoms with Crippen molar-refractivity contribution in [2.24, 2.45) is 4.99 Å². The van der Waals surface area contributed by atoms with Crippen molar-refractivity contribution in [3.05, 3.63) is 58.6 Å². The van der Waals surface area contributed by atoms with Gasteiger partial charge in [-0.2, -0.15) is 4.99 Å². The summed E-state index contributed by atoms with van der Waals surface area (Å²) in [7, 11) is 0. The number of nitrogens with zero attached hydrogens (tertiary/aromatic N) is 2. The molecule has 0 aliphatic rings. The summed E-state index contributed by atoms with van der Waals surface area (Å²) in [5, 5.41) is 0.417. The standard InChI is InChI=1S/C20H17FN2OS2/c1-4-11-23-18-16(21)9-6-10-17(18)26-20(23)22-19(24)14-7-5-8-15(12-14)25-13(2)3/h1,5-10,12-13H,11H2,2-3H3. The van der Waals surface area contributed by atoms with Crippen molar-refractivity contribution in [1.82, 2.24) is 4.57 Å². The van der Waals surface area contributed by atoms with Crippen LogP contribution in [0, 0.1) is 18.2 Å². The summed E-state index contributed by atoms with van der Waals surface area (Å²) < 4.78 is 16.5. The third-order valence-corrected chi connectivity index (χ3v) is 5.59. The highest BCUT2D eigenvalue weighted by molar-refractivity contribution is 7.99. The van der Waals surface area contributed by atoms with E-state index in [1.807, 2.05) is 18.2 Å². The molecule has 3 rings (SSSR count). The molecular formula is C20H17FN2OS2. The van der Waals surface area contributed by atoms with Crippen LogP contribution in [0.25, 0.3) is 10.2 Å². The zero-order chi connectivity index (χ0) is 18.7. The van der Waals surface area contributed by atoms with Crippen LogP contribution in [-0.4, -0.2) is 15.7 Å². The Morgan fingerprint density at radius 3 is 2.85 bits per heavy atom. The SMILES string of the molecule is C#CCn1c(=NC(=O)c2cccc(SC(C)C)c2)sc2cccc(F)c21. The summed E-state index contributed by atoms with van der Waals surface area (Å²) in [6, 6.07) is 12.2. The third-order valence-electron chi connectivity index (χ3n) is 3.55. The first kappa shape index (κ1) is 18.4. The fourth-order valence-corrected chi connectivity index (χ4v) is 4.47. The van der Waals surface area contributed by atoms with Crippen molar-refractivity contribution in [1.29, 1.82) is 0 Å². The molecule has 26 heavy (non-hydrogen) atoms. The number of thioether (sulfide) groups is 1. The summed E-state index contributed by atoms with van der Waals surface area (Å²) in [5.41, 5.74) is 0.881. The van der Waals surface area contributed by atoms with Gasteiger partial charge in [0, 0.05) is 15.7 Å². The van der Waals surface area contributed by atoms with Crippen molar-refractivity contribution in [2.75, 3.05) is 0 Å². The van der Waals surface area contributed by atoms with Gasteiger partial charge in [0.25, 0.3) is 5.91 Å². The van der Waals surface area contributed by atoms with Crippen LogP contribution >= 0.6 is 23.1 Å². The van der Waals surface area contributed by atoms with Gasteiger partial charge in [0.2, 0.25) is 0 Å². The number of para-hydroxylation sites is 1. The molecular weight excluding hydrogens is 367 g/mol. The molecule has 0 fully saturated rings. The molecule has 0 unspecified atom stereocenters. The topological polar surface area (TPSA) is 34.4 Å². The van der Waals surface area contributed by atoms with Crippen molar-refractivity contribution in [2.45, 2.75) is 30.5 Å². The molecule has 0 atom stereocenters. The number of amides is 1. The smallest absolute Gasteiger partial charge is 0.279 e. The van der Waals surface area contributed by atoms with Crippen LogP contribution < -0.4 is 4.80 Å². The predicted molar refractivity (Wildman–Crippen MR) is 106 cm³/mol. The summed E-state index contributed by atoms with van der Waals surface area (Å²) in [6.45, 7) is 4.34. The van der Waals surface area contributed by atoms with Gasteiger partial charge in [0.15, 0.2) is 4.80 Å². The first-order valence-electron chi connectivity index (χ1n) is 8.06. The van der Waals surface area contributed by atoms with Gasteiger partial charge in [-0.1, -0.05) is 43.2 Å². The second-order valence-electron chi connectivity index (χ2n) is 5.87. The van der Waals surface area contributed by atoms with Gasteiger partial charge < -0.3 is 4.57 Å². The van der Waals surface area contributed by atoms with Gasteiger partial charge >= 0.3 is 0 Å². The molecule has 6 heteroatoms. The minimum absolute atomic E-state index is 0.149. The molecule has 1 heterocycles. The lowest BCUT2D eigenvalue weighted by atomic mass is 10.2. The Balaban J connectivity index is 2.07. The van der Waals surface area contributed by atoms with E-state index in [1.165, 1.54) is 17.4 Å². The Morgan fingerprint density at radius 1 is 1.35 bits per heavy atom. The van der Waals surface area contributed by atoms with Crippen LogP contribution in [0.1, 0.15) is 24.2 Å². The zero-order valence-electron chi connectivity index (χ0n) is 14.4. The number of fused-ring (bicyclic) bond motifs is 1. The average molecular weight is 385 g/mol. The first-order chi connectivity index (χ1) is 12.5. The van der Waals surface area contributed by atoms with Crippen LogP contribution in [0.3, 0.4) is 0 Å². The highest BCUT2D eigenvalue weighted by Gasteiger charge is 2.12. The molecule has 0 radical (unpaired) electrons. The highest BCUT2D eigenvalue weighted by Crippen LogP contribution is 2.24. The van der Waals surface area contributed by atoms with E-state index >= 15 is 0 Å². The molecule has 0 spiro atoms. The molecule has 1 aromatic heterocycles. The van der Waals surface area contributed by atoms with E-state index in [9.17, 15) is 9.18 Å². The first-order valence-corrected chi connectivity index (χ1v) is 9.76. The molecule has 0 N–H and O–H groups in total. The van der Waals surface area contributed by atoms with E-state index in [1.54, 1.807) is 34.5 Å². The molecule has 1 amide bonds. The highest BCUT2D eigenvalue weighted by atomic mass is 32.2. The number of carbonyl (C=O) groups excluding carboxylic acids is 1. The van der Waals surface area contributed by atoms with Gasteiger partial charge in [-0.25, -0.2) is 4.39 Å². The summed E-state index contributed by atoms with van der Waals surface area (Å²) in [4.78, 5) is 18.3. The number of terminal acetylenes is 1. The number of benzene rings is 2. The molecule has 132 valence electrons. The number of hydrogen-bond donors (Lipinski definition) is 0. The molecule has 3 nitrogen and oxygen atoms in total. The van der Waals surface area contributed by atoms with Crippen molar-refractivity contribution in [3.8, 4) is 12.3 Å². The van der Waals surface area contributed by atoms with E-state index in [0.717, 1.165) is 4.90 Å². The number of aromatic nitrogens is 1. The Kier molecular flexibility index (Phi) is 5.60. The van der Waals surface area contributed by atoms with E-state index in [0.29, 0.717) is 25.8 Å². The van der Waals surface area contributed by atoms with E-state index < -0.39 is 0 Å². The average Bonchev–Trinajstić information content (AvgIpc) is 2.93. The molecule has 0 saturated heterocycles. The Hall–Kier alpha value is -2.36. The molecule has 0 aliphatic heterocycles. The fraction of sp³-hybridized carbons (Fsp3) is 0.200. The van der Waals surface area contributed by atoms with Crippen LogP contribution in [0.15, 0.2) is 52.4 Å². The van der Waals surface area contributed by atoms with Crippen molar-refractivity contribution in [3.63, 3.8) is 0 Å². The third kappa shape index (κ3) is 3.90. The molecule has 0 bridgehead atoms. The van der Waals surface area contributed by atoms with Gasteiger partial charge in [-0.15, -0.1) is 18.2 Å². The second-order valence-corrected chi connectivity index (χ2v) is 8.53. The summed E-state index contributed by atoms with van der Waals surface area (Å²) >= 11 is 2.93. The van der Waals surface area contributed by atoms with Gasteiger partial charge in [-0.05, 0) is 30.3 Å². The molecule has 0 saturated carbocycles. The van der Waals surface area contributed by atoms with Gasteiger partial charge in [0.05, 0.1) is 16.8 Å². The van der Waals surface area contributed by atoms with Crippen molar-refractivity contribution >= 4 is 39.2 Å². The number of halogens is 1. The second kappa shape index (κ2) is 7.90. The molecule has 0 aliphatic carbocycles. The largest absolute Gasteiger partial charge is 0.302 e. The lowest BCUT2D eigenvalue weighted by Crippen LogP contribution is -2.17. The number of thiazole rings is 1.